The van der Waals surface area contributed by atoms with Crippen LogP contribution in [0.3, 0.4) is 0 Å². The number of nitrogens with one attached hydrogen (secondary N) is 1. The van der Waals surface area contributed by atoms with Crippen LogP contribution in [0.4, 0.5) is 0 Å². The molecule has 2 rings (SSSR count). The highest BCUT2D eigenvalue weighted by Crippen LogP contribution is 2.22. The van der Waals surface area contributed by atoms with E-state index in [4.69, 9.17) is 0 Å². The third kappa shape index (κ3) is 1.59. The van der Waals surface area contributed by atoms with Gasteiger partial charge in [-0.3, -0.25) is 4.79 Å². The van der Waals surface area contributed by atoms with E-state index in [0.29, 0.717) is 0 Å². The third-order valence-electron chi connectivity index (χ3n) is 2.46. The molecule has 0 saturated heterocycles. The van der Waals surface area contributed by atoms with Gasteiger partial charge in [0.05, 0.1) is 5.56 Å². The van der Waals surface area contributed by atoms with Gasteiger partial charge >= 0.3 is 0 Å². The number of para-hydroxylation sites is 1. The summed E-state index contributed by atoms with van der Waals surface area (Å²) in [6.45, 7) is 3.78. The van der Waals surface area contributed by atoms with Crippen molar-refractivity contribution >= 4 is 16.7 Å². The Morgan fingerprint density at radius 1 is 1.33 bits per heavy atom. The molecule has 1 heterocycles. The number of benzene rings is 1. The largest absolute Gasteiger partial charge is 0.358 e. The van der Waals surface area contributed by atoms with Crippen LogP contribution in [0.1, 0.15) is 23.0 Å². The van der Waals surface area contributed by atoms with E-state index in [2.05, 4.69) is 4.98 Å². The lowest BCUT2D eigenvalue weighted by Gasteiger charge is -1.94. The lowest BCUT2D eigenvalue weighted by atomic mass is 10.1. The fraction of sp³-hybridized carbons (Fsp3) is 0.154. The summed E-state index contributed by atoms with van der Waals surface area (Å²) in [7, 11) is 0. The van der Waals surface area contributed by atoms with Crippen molar-refractivity contribution in [2.45, 2.75) is 13.8 Å². The van der Waals surface area contributed by atoms with Gasteiger partial charge in [-0.2, -0.15) is 0 Å². The number of aryl methyl sites for hydroxylation is 1. The summed E-state index contributed by atoms with van der Waals surface area (Å²) in [6, 6.07) is 7.86. The summed E-state index contributed by atoms with van der Waals surface area (Å²) in [5.74, 6) is 0.0625. The van der Waals surface area contributed by atoms with E-state index in [0.717, 1.165) is 22.2 Å². The Balaban J connectivity index is 2.69. The Kier molecular flexibility index (Phi) is 2.42. The summed E-state index contributed by atoms with van der Waals surface area (Å²) in [6.07, 6.45) is 3.37. The van der Waals surface area contributed by atoms with Crippen LogP contribution in [0.5, 0.6) is 0 Å². The Morgan fingerprint density at radius 3 is 2.80 bits per heavy atom. The predicted octanol–water partition coefficient (Wildman–Crippen LogP) is 3.24. The molecule has 0 spiro atoms. The quantitative estimate of drug-likeness (QED) is 0.584. The van der Waals surface area contributed by atoms with Crippen molar-refractivity contribution in [1.29, 1.82) is 0 Å². The van der Waals surface area contributed by atoms with Crippen LogP contribution in [0, 0.1) is 6.92 Å². The molecule has 0 amide bonds. The number of hydrogen-bond donors (Lipinski definition) is 1. The number of carbonyl (C=O) groups excluding carboxylic acids is 1. The molecule has 1 N–H and O–H groups in total. The zero-order valence-corrected chi connectivity index (χ0v) is 8.87. The number of hydrogen-bond acceptors (Lipinski definition) is 1. The molecule has 76 valence electrons. The average molecular weight is 199 g/mol. The number of carbonyl (C=O) groups is 1. The maximum atomic E-state index is 11.8. The molecule has 0 saturated carbocycles. The Labute approximate surface area is 88.6 Å². The van der Waals surface area contributed by atoms with Gasteiger partial charge < -0.3 is 4.98 Å². The fourth-order valence-corrected chi connectivity index (χ4v) is 1.83. The standard InChI is InChI=1S/C13H13NO/c1-3-6-12(15)13-9(2)14-11-8-5-4-7-10(11)13/h3-8,14H,1-2H3/b6-3+. The van der Waals surface area contributed by atoms with E-state index in [1.807, 2.05) is 38.1 Å². The van der Waals surface area contributed by atoms with E-state index < -0.39 is 0 Å². The maximum absolute atomic E-state index is 11.8. The Bertz CT molecular complexity index is 534. The summed E-state index contributed by atoms with van der Waals surface area (Å²) >= 11 is 0. The first-order valence-corrected chi connectivity index (χ1v) is 4.98. The molecule has 0 fully saturated rings. The average Bonchev–Trinajstić information content (AvgIpc) is 2.54. The van der Waals surface area contributed by atoms with Crippen LogP contribution < -0.4 is 0 Å². The van der Waals surface area contributed by atoms with Gasteiger partial charge in [-0.15, -0.1) is 0 Å². The molecule has 2 aromatic rings. The van der Waals surface area contributed by atoms with Gasteiger partial charge in [0.25, 0.3) is 0 Å². The van der Waals surface area contributed by atoms with E-state index >= 15 is 0 Å². The highest BCUT2D eigenvalue weighted by Gasteiger charge is 2.12. The van der Waals surface area contributed by atoms with Gasteiger partial charge in [0, 0.05) is 16.6 Å². The molecule has 0 radical (unpaired) electrons. The minimum atomic E-state index is 0.0625. The topological polar surface area (TPSA) is 32.9 Å². The molecule has 1 aromatic heterocycles. The first kappa shape index (κ1) is 9.71. The maximum Gasteiger partial charge on any atom is 0.187 e. The van der Waals surface area contributed by atoms with Gasteiger partial charge in [0.1, 0.15) is 0 Å². The first-order chi connectivity index (χ1) is 7.24. The van der Waals surface area contributed by atoms with E-state index in [9.17, 15) is 4.79 Å². The molecular weight excluding hydrogens is 186 g/mol. The smallest absolute Gasteiger partial charge is 0.187 e. The third-order valence-corrected chi connectivity index (χ3v) is 2.46. The van der Waals surface area contributed by atoms with Crippen molar-refractivity contribution in [1.82, 2.24) is 4.98 Å². The molecule has 0 bridgehead atoms. The molecule has 0 aliphatic heterocycles. The second-order valence-electron chi connectivity index (χ2n) is 3.53. The molecular formula is C13H13NO. The zero-order valence-electron chi connectivity index (χ0n) is 8.87. The normalized spacial score (nSPS) is 11.3. The molecule has 0 unspecified atom stereocenters. The highest BCUT2D eigenvalue weighted by atomic mass is 16.1. The molecule has 15 heavy (non-hydrogen) atoms. The molecule has 0 aliphatic rings. The summed E-state index contributed by atoms with van der Waals surface area (Å²) in [5, 5.41) is 0.998. The number of ketones is 1. The van der Waals surface area contributed by atoms with Crippen LogP contribution in [0.25, 0.3) is 10.9 Å². The van der Waals surface area contributed by atoms with Crippen molar-refractivity contribution in [2.75, 3.05) is 0 Å². The number of allylic oxidation sites excluding steroid dienone is 2. The number of fused-ring (bicyclic) bond motifs is 1. The SMILES string of the molecule is C/C=C/C(=O)c1c(C)[nH]c2ccccc12. The van der Waals surface area contributed by atoms with Crippen LogP contribution >= 0.6 is 0 Å². The zero-order chi connectivity index (χ0) is 10.8. The van der Waals surface area contributed by atoms with Gasteiger partial charge in [-0.25, -0.2) is 0 Å². The molecule has 1 aromatic carbocycles. The van der Waals surface area contributed by atoms with Crippen LogP contribution in [0.15, 0.2) is 36.4 Å². The van der Waals surface area contributed by atoms with E-state index in [-0.39, 0.29) is 5.78 Å². The van der Waals surface area contributed by atoms with Crippen molar-refractivity contribution in [3.05, 3.63) is 47.7 Å². The molecule has 0 aliphatic carbocycles. The summed E-state index contributed by atoms with van der Waals surface area (Å²) < 4.78 is 0. The van der Waals surface area contributed by atoms with Crippen molar-refractivity contribution < 1.29 is 4.79 Å². The van der Waals surface area contributed by atoms with Crippen molar-refractivity contribution in [2.24, 2.45) is 0 Å². The van der Waals surface area contributed by atoms with E-state index in [1.165, 1.54) is 0 Å². The number of aromatic amines is 1. The Morgan fingerprint density at radius 2 is 2.07 bits per heavy atom. The number of H-pyrrole nitrogens is 1. The summed E-state index contributed by atoms with van der Waals surface area (Å²) in [4.78, 5) is 15.0. The highest BCUT2D eigenvalue weighted by molar-refractivity contribution is 6.14. The van der Waals surface area contributed by atoms with Crippen LogP contribution in [-0.4, -0.2) is 10.8 Å². The van der Waals surface area contributed by atoms with Crippen LogP contribution in [0.2, 0.25) is 0 Å². The van der Waals surface area contributed by atoms with Gasteiger partial charge in [-0.05, 0) is 26.0 Å². The first-order valence-electron chi connectivity index (χ1n) is 4.98. The Hall–Kier alpha value is -1.83. The van der Waals surface area contributed by atoms with Gasteiger partial charge in [0.15, 0.2) is 5.78 Å². The minimum absolute atomic E-state index is 0.0625. The molecule has 2 heteroatoms. The summed E-state index contributed by atoms with van der Waals surface area (Å²) in [5.41, 5.74) is 2.73. The lowest BCUT2D eigenvalue weighted by Crippen LogP contribution is -1.95. The monoisotopic (exact) mass is 199 g/mol. The molecule has 2 nitrogen and oxygen atoms in total. The number of rotatable bonds is 2. The minimum Gasteiger partial charge on any atom is -0.358 e. The number of aromatic nitrogens is 1. The van der Waals surface area contributed by atoms with Crippen molar-refractivity contribution in [3.8, 4) is 0 Å². The second-order valence-corrected chi connectivity index (χ2v) is 3.53. The van der Waals surface area contributed by atoms with Gasteiger partial charge in [-0.1, -0.05) is 24.3 Å². The predicted molar refractivity (Wildman–Crippen MR) is 62.2 cm³/mol. The van der Waals surface area contributed by atoms with Crippen molar-refractivity contribution in [3.63, 3.8) is 0 Å². The van der Waals surface area contributed by atoms with Gasteiger partial charge in [0.2, 0.25) is 0 Å². The molecule has 0 atom stereocenters. The fourth-order valence-electron chi connectivity index (χ4n) is 1.83. The van der Waals surface area contributed by atoms with Crippen LogP contribution in [-0.2, 0) is 0 Å². The second kappa shape index (κ2) is 3.73. The lowest BCUT2D eigenvalue weighted by molar-refractivity contribution is 0.104. The van der Waals surface area contributed by atoms with E-state index in [1.54, 1.807) is 12.2 Å².